The van der Waals surface area contributed by atoms with E-state index in [1.54, 1.807) is 7.11 Å². The summed E-state index contributed by atoms with van der Waals surface area (Å²) in [6.07, 6.45) is 6.40. The number of aryl methyl sites for hydroxylation is 3. The quantitative estimate of drug-likeness (QED) is 0.598. The normalized spacial score (nSPS) is 14.3. The highest BCUT2D eigenvalue weighted by Crippen LogP contribution is 2.40. The van der Waals surface area contributed by atoms with Crippen LogP contribution in [-0.4, -0.2) is 7.11 Å². The standard InChI is InChI=1S/C25H24NO2/c1-17-13-18(2)25-20(15-21-7-5-6-12-26(21)3)16-23(28-24(25)14-17)19-8-10-22(27-4)11-9-19/h5-16H,1-4H3/q+1/b20-15+. The summed E-state index contributed by atoms with van der Waals surface area (Å²) in [4.78, 5) is 0. The Kier molecular flexibility index (Phi) is 4.74. The van der Waals surface area contributed by atoms with Crippen LogP contribution in [0.1, 0.15) is 27.9 Å². The number of nitrogens with zero attached hydrogens (tertiary/aromatic N) is 1. The zero-order valence-corrected chi connectivity index (χ0v) is 16.7. The molecule has 1 aromatic heterocycles. The van der Waals surface area contributed by atoms with Crippen LogP contribution in [0.15, 0.2) is 66.9 Å². The number of allylic oxidation sites excluding steroid dienone is 2. The lowest BCUT2D eigenvalue weighted by Crippen LogP contribution is -2.30. The van der Waals surface area contributed by atoms with E-state index >= 15 is 0 Å². The van der Waals surface area contributed by atoms with E-state index in [-0.39, 0.29) is 0 Å². The molecule has 3 nitrogen and oxygen atoms in total. The number of methoxy groups -OCH3 is 1. The highest BCUT2D eigenvalue weighted by atomic mass is 16.5. The minimum atomic E-state index is 0.833. The highest BCUT2D eigenvalue weighted by Gasteiger charge is 2.21. The molecule has 3 heteroatoms. The van der Waals surface area contributed by atoms with E-state index in [0.717, 1.165) is 39.7 Å². The first-order valence-electron chi connectivity index (χ1n) is 9.37. The number of hydrogen-bond donors (Lipinski definition) is 0. The Bertz CT molecular complexity index is 1090. The van der Waals surface area contributed by atoms with Gasteiger partial charge in [-0.3, -0.25) is 0 Å². The van der Waals surface area contributed by atoms with Crippen LogP contribution in [-0.2, 0) is 7.05 Å². The molecule has 0 unspecified atom stereocenters. The summed E-state index contributed by atoms with van der Waals surface area (Å²) < 4.78 is 13.7. The number of rotatable bonds is 3. The maximum Gasteiger partial charge on any atom is 0.205 e. The molecule has 0 atom stereocenters. The van der Waals surface area contributed by atoms with Crippen LogP contribution < -0.4 is 14.0 Å². The molecule has 0 aliphatic carbocycles. The van der Waals surface area contributed by atoms with Crippen LogP contribution in [0, 0.1) is 13.8 Å². The molecular weight excluding hydrogens is 346 g/mol. The number of pyridine rings is 1. The largest absolute Gasteiger partial charge is 0.497 e. The second-order valence-electron chi connectivity index (χ2n) is 7.13. The van der Waals surface area contributed by atoms with E-state index in [1.165, 1.54) is 11.1 Å². The van der Waals surface area contributed by atoms with Gasteiger partial charge in [0, 0.05) is 29.3 Å². The third kappa shape index (κ3) is 3.44. The molecule has 0 amide bonds. The van der Waals surface area contributed by atoms with Gasteiger partial charge in [0.25, 0.3) is 0 Å². The van der Waals surface area contributed by atoms with Crippen molar-refractivity contribution in [3.63, 3.8) is 0 Å². The predicted molar refractivity (Wildman–Crippen MR) is 113 cm³/mol. The van der Waals surface area contributed by atoms with Crippen molar-refractivity contribution in [3.8, 4) is 11.5 Å². The molecule has 4 rings (SSSR count). The fourth-order valence-corrected chi connectivity index (χ4v) is 3.60. The SMILES string of the molecule is COc1ccc(C2=C/C(=C\c3cccc[n+]3C)c3c(C)cc(C)cc3O2)cc1. The van der Waals surface area contributed by atoms with E-state index in [2.05, 4.69) is 68.1 Å². The Morgan fingerprint density at radius 2 is 1.79 bits per heavy atom. The lowest BCUT2D eigenvalue weighted by Gasteiger charge is -2.23. The van der Waals surface area contributed by atoms with Crippen molar-refractivity contribution in [3.05, 3.63) is 94.8 Å². The smallest absolute Gasteiger partial charge is 0.205 e. The van der Waals surface area contributed by atoms with E-state index in [4.69, 9.17) is 9.47 Å². The zero-order chi connectivity index (χ0) is 19.7. The van der Waals surface area contributed by atoms with Crippen molar-refractivity contribution in [2.24, 2.45) is 7.05 Å². The third-order valence-corrected chi connectivity index (χ3v) is 5.01. The maximum atomic E-state index is 6.32. The maximum absolute atomic E-state index is 6.32. The van der Waals surface area contributed by atoms with Gasteiger partial charge in [-0.25, -0.2) is 4.57 Å². The molecule has 0 fully saturated rings. The molecule has 28 heavy (non-hydrogen) atoms. The van der Waals surface area contributed by atoms with Crippen molar-refractivity contribution < 1.29 is 14.0 Å². The van der Waals surface area contributed by atoms with Crippen LogP contribution in [0.25, 0.3) is 17.4 Å². The second-order valence-corrected chi connectivity index (χ2v) is 7.13. The van der Waals surface area contributed by atoms with Crippen molar-refractivity contribution >= 4 is 17.4 Å². The molecule has 1 aliphatic heterocycles. The molecule has 0 spiro atoms. The zero-order valence-electron chi connectivity index (χ0n) is 16.7. The van der Waals surface area contributed by atoms with E-state index in [9.17, 15) is 0 Å². The summed E-state index contributed by atoms with van der Waals surface area (Å²) in [6.45, 7) is 4.24. The minimum Gasteiger partial charge on any atom is -0.497 e. The van der Waals surface area contributed by atoms with Gasteiger partial charge < -0.3 is 9.47 Å². The summed E-state index contributed by atoms with van der Waals surface area (Å²) >= 11 is 0. The van der Waals surface area contributed by atoms with Crippen LogP contribution in [0.3, 0.4) is 0 Å². The average molecular weight is 370 g/mol. The molecule has 140 valence electrons. The fraction of sp³-hybridized carbons (Fsp3) is 0.160. The van der Waals surface area contributed by atoms with Crippen molar-refractivity contribution in [1.82, 2.24) is 0 Å². The molecule has 0 bridgehead atoms. The van der Waals surface area contributed by atoms with Gasteiger partial charge >= 0.3 is 0 Å². The minimum absolute atomic E-state index is 0.833. The lowest BCUT2D eigenvalue weighted by atomic mass is 9.93. The van der Waals surface area contributed by atoms with E-state index in [0.29, 0.717) is 0 Å². The molecule has 0 radical (unpaired) electrons. The average Bonchev–Trinajstić information content (AvgIpc) is 2.69. The first-order valence-corrected chi connectivity index (χ1v) is 9.37. The van der Waals surface area contributed by atoms with Gasteiger partial charge in [-0.1, -0.05) is 6.07 Å². The number of fused-ring (bicyclic) bond motifs is 1. The van der Waals surface area contributed by atoms with Crippen molar-refractivity contribution in [2.75, 3.05) is 7.11 Å². The Labute approximate surface area is 166 Å². The Hall–Kier alpha value is -3.33. The van der Waals surface area contributed by atoms with Crippen LogP contribution in [0.2, 0.25) is 0 Å². The summed E-state index contributed by atoms with van der Waals surface area (Å²) in [5.41, 5.74) is 6.85. The second kappa shape index (κ2) is 7.35. The fourth-order valence-electron chi connectivity index (χ4n) is 3.60. The Morgan fingerprint density at radius 3 is 2.50 bits per heavy atom. The lowest BCUT2D eigenvalue weighted by molar-refractivity contribution is -0.673. The van der Waals surface area contributed by atoms with Gasteiger partial charge in [-0.2, -0.15) is 0 Å². The topological polar surface area (TPSA) is 22.3 Å². The van der Waals surface area contributed by atoms with Gasteiger partial charge in [0.2, 0.25) is 5.69 Å². The van der Waals surface area contributed by atoms with Crippen molar-refractivity contribution in [1.29, 1.82) is 0 Å². The number of hydrogen-bond acceptors (Lipinski definition) is 2. The first-order chi connectivity index (χ1) is 13.5. The monoisotopic (exact) mass is 370 g/mol. The number of ether oxygens (including phenoxy) is 2. The first kappa shape index (κ1) is 18.1. The van der Waals surface area contributed by atoms with Crippen molar-refractivity contribution in [2.45, 2.75) is 13.8 Å². The van der Waals surface area contributed by atoms with Crippen LogP contribution in [0.4, 0.5) is 0 Å². The number of aromatic nitrogens is 1. The molecule has 1 aliphatic rings. The summed E-state index contributed by atoms with van der Waals surface area (Å²) in [7, 11) is 3.73. The molecular formula is C25H24NO2+. The van der Waals surface area contributed by atoms with E-state index < -0.39 is 0 Å². The Morgan fingerprint density at radius 1 is 1.00 bits per heavy atom. The predicted octanol–water partition coefficient (Wildman–Crippen LogP) is 5.11. The van der Waals surface area contributed by atoms with Gasteiger partial charge in [-0.05, 0) is 73.0 Å². The number of benzene rings is 2. The van der Waals surface area contributed by atoms with E-state index in [1.807, 2.05) is 30.3 Å². The molecule has 2 aromatic carbocycles. The van der Waals surface area contributed by atoms with Gasteiger partial charge in [0.05, 0.1) is 7.11 Å². The molecule has 3 aromatic rings. The summed E-state index contributed by atoms with van der Waals surface area (Å²) in [5, 5.41) is 0. The van der Waals surface area contributed by atoms with Gasteiger partial charge in [0.1, 0.15) is 24.3 Å². The van der Waals surface area contributed by atoms with Crippen LogP contribution in [0.5, 0.6) is 11.5 Å². The van der Waals surface area contributed by atoms with Gasteiger partial charge in [0.15, 0.2) is 6.20 Å². The molecule has 2 heterocycles. The summed E-state index contributed by atoms with van der Waals surface area (Å²) in [6, 6.07) is 18.5. The Balaban J connectivity index is 1.88. The van der Waals surface area contributed by atoms with Gasteiger partial charge in [-0.15, -0.1) is 0 Å². The molecule has 0 saturated carbocycles. The molecule has 0 saturated heterocycles. The summed E-state index contributed by atoms with van der Waals surface area (Å²) in [5.74, 6) is 2.57. The van der Waals surface area contributed by atoms with Crippen LogP contribution >= 0.6 is 0 Å². The molecule has 0 N–H and O–H groups in total. The third-order valence-electron chi connectivity index (χ3n) is 5.01. The highest BCUT2D eigenvalue weighted by molar-refractivity contribution is 5.96.